The molecule has 2 aromatic carbocycles. The van der Waals surface area contributed by atoms with Gasteiger partial charge in [-0.25, -0.2) is 0 Å². The van der Waals surface area contributed by atoms with Gasteiger partial charge < -0.3 is 24.6 Å². The van der Waals surface area contributed by atoms with Crippen LogP contribution < -0.4 is 14.8 Å². The van der Waals surface area contributed by atoms with Crippen molar-refractivity contribution in [1.82, 2.24) is 4.98 Å². The lowest BCUT2D eigenvalue weighted by atomic mass is 9.79. The Morgan fingerprint density at radius 1 is 0.929 bits per heavy atom. The number of carbonyl (C=O) groups excluding carboxylic acids is 1. The molecule has 0 spiro atoms. The van der Waals surface area contributed by atoms with E-state index in [2.05, 4.69) is 16.4 Å². The van der Waals surface area contributed by atoms with Crippen molar-refractivity contribution in [3.8, 4) is 11.5 Å². The van der Waals surface area contributed by atoms with Crippen molar-refractivity contribution < 1.29 is 28.9 Å². The predicted molar refractivity (Wildman–Crippen MR) is 166 cm³/mol. The number of aromatic nitrogens is 1. The van der Waals surface area contributed by atoms with Crippen LogP contribution in [0.15, 0.2) is 60.7 Å². The first-order valence-corrected chi connectivity index (χ1v) is 14.4. The quantitative estimate of drug-likeness (QED) is 0.167. The molecular formula is C34H42N2O6. The van der Waals surface area contributed by atoms with Gasteiger partial charge >= 0.3 is 5.97 Å². The molecule has 0 saturated heterocycles. The van der Waals surface area contributed by atoms with Crippen molar-refractivity contribution in [2.24, 2.45) is 5.41 Å². The Kier molecular flexibility index (Phi) is 12.6. The molecule has 0 aliphatic carbocycles. The molecule has 0 aliphatic heterocycles. The SMILES string of the molecule is CCC(CC)(CC(=O)Nc1cccc(/C=C/c2cccc(COCCCCc3ccc(OC)c(OC)c3)n2)c1)C(=O)O. The van der Waals surface area contributed by atoms with E-state index in [0.717, 1.165) is 47.7 Å². The van der Waals surface area contributed by atoms with Gasteiger partial charge in [0.25, 0.3) is 0 Å². The second-order valence-corrected chi connectivity index (χ2v) is 10.2. The Hall–Kier alpha value is -4.17. The largest absolute Gasteiger partial charge is 0.493 e. The van der Waals surface area contributed by atoms with Crippen molar-refractivity contribution in [2.45, 2.75) is 59.0 Å². The van der Waals surface area contributed by atoms with Gasteiger partial charge in [-0.15, -0.1) is 0 Å². The average molecular weight is 575 g/mol. The van der Waals surface area contributed by atoms with E-state index in [1.54, 1.807) is 34.1 Å². The van der Waals surface area contributed by atoms with Crippen molar-refractivity contribution in [3.05, 3.63) is 83.2 Å². The Morgan fingerprint density at radius 2 is 1.69 bits per heavy atom. The Bertz CT molecular complexity index is 1350. The molecule has 0 radical (unpaired) electrons. The number of anilines is 1. The molecule has 1 heterocycles. The number of aryl methyl sites for hydroxylation is 1. The number of carbonyl (C=O) groups is 2. The van der Waals surface area contributed by atoms with Crippen LogP contribution in [0, 0.1) is 5.41 Å². The van der Waals surface area contributed by atoms with E-state index in [-0.39, 0.29) is 12.3 Å². The fourth-order valence-corrected chi connectivity index (χ4v) is 4.71. The summed E-state index contributed by atoms with van der Waals surface area (Å²) in [7, 11) is 3.28. The first kappa shape index (κ1) is 32.3. The smallest absolute Gasteiger partial charge is 0.310 e. The van der Waals surface area contributed by atoms with Gasteiger partial charge in [-0.05, 0) is 85.7 Å². The van der Waals surface area contributed by atoms with Crippen molar-refractivity contribution >= 4 is 29.7 Å². The maximum absolute atomic E-state index is 12.6. The number of rotatable bonds is 17. The van der Waals surface area contributed by atoms with Crippen LogP contribution in [-0.4, -0.2) is 42.8 Å². The maximum atomic E-state index is 12.6. The van der Waals surface area contributed by atoms with Gasteiger partial charge in [-0.3, -0.25) is 14.6 Å². The first-order valence-electron chi connectivity index (χ1n) is 14.4. The third kappa shape index (κ3) is 9.45. The number of carboxylic acid groups (broad SMARTS) is 1. The molecule has 2 N–H and O–H groups in total. The van der Waals surface area contributed by atoms with Gasteiger partial charge in [0.15, 0.2) is 11.5 Å². The molecular weight excluding hydrogens is 532 g/mol. The zero-order valence-electron chi connectivity index (χ0n) is 25.0. The molecule has 3 aromatic rings. The molecule has 3 rings (SSSR count). The molecule has 0 aliphatic rings. The number of methoxy groups -OCH3 is 2. The normalized spacial score (nSPS) is 11.4. The van der Waals surface area contributed by atoms with Crippen LogP contribution in [0.5, 0.6) is 11.5 Å². The lowest BCUT2D eigenvalue weighted by Crippen LogP contribution is -2.34. The van der Waals surface area contributed by atoms with E-state index < -0.39 is 11.4 Å². The molecule has 8 nitrogen and oxygen atoms in total. The summed E-state index contributed by atoms with van der Waals surface area (Å²) < 4.78 is 16.5. The summed E-state index contributed by atoms with van der Waals surface area (Å²) in [5.41, 5.74) is 3.32. The molecule has 0 saturated carbocycles. The minimum Gasteiger partial charge on any atom is -0.493 e. The maximum Gasteiger partial charge on any atom is 0.310 e. The fourth-order valence-electron chi connectivity index (χ4n) is 4.71. The van der Waals surface area contributed by atoms with Crippen LogP contribution in [0.1, 0.15) is 68.5 Å². The zero-order chi connectivity index (χ0) is 30.4. The van der Waals surface area contributed by atoms with Crippen molar-refractivity contribution in [3.63, 3.8) is 0 Å². The molecule has 8 heteroatoms. The number of hydrogen-bond donors (Lipinski definition) is 2. The molecule has 0 bridgehead atoms. The van der Waals surface area contributed by atoms with Gasteiger partial charge in [0, 0.05) is 18.7 Å². The number of unbranched alkanes of at least 4 members (excludes halogenated alkanes) is 1. The molecule has 0 fully saturated rings. The highest BCUT2D eigenvalue weighted by Crippen LogP contribution is 2.31. The summed E-state index contributed by atoms with van der Waals surface area (Å²) in [4.78, 5) is 29.0. The summed E-state index contributed by atoms with van der Waals surface area (Å²) in [5.74, 6) is 0.230. The van der Waals surface area contributed by atoms with Gasteiger partial charge in [-0.2, -0.15) is 0 Å². The standard InChI is InChI=1S/C34H42N2O6/c1-5-34(6-2,33(38)39)23-32(37)36-28-14-9-12-25(21-28)16-18-27-13-10-15-29(35-27)24-42-20-8-7-11-26-17-19-30(40-3)31(22-26)41-4/h9-10,12-19,21-22H,5-8,11,20,23-24H2,1-4H3,(H,36,37)(H,38,39)/b18-16+. The summed E-state index contributed by atoms with van der Waals surface area (Å²) >= 11 is 0. The molecule has 1 aromatic heterocycles. The monoisotopic (exact) mass is 574 g/mol. The Morgan fingerprint density at radius 3 is 2.40 bits per heavy atom. The van der Waals surface area contributed by atoms with Crippen LogP contribution in [-0.2, 0) is 27.4 Å². The topological polar surface area (TPSA) is 107 Å². The van der Waals surface area contributed by atoms with Gasteiger partial charge in [-0.1, -0.05) is 44.2 Å². The van der Waals surface area contributed by atoms with Gasteiger partial charge in [0.05, 0.1) is 37.6 Å². The minimum atomic E-state index is -1.05. The second kappa shape index (κ2) is 16.3. The second-order valence-electron chi connectivity index (χ2n) is 10.2. The summed E-state index contributed by atoms with van der Waals surface area (Å²) in [5, 5.41) is 12.5. The van der Waals surface area contributed by atoms with E-state index in [4.69, 9.17) is 14.2 Å². The van der Waals surface area contributed by atoms with E-state index >= 15 is 0 Å². The lowest BCUT2D eigenvalue weighted by Gasteiger charge is -2.25. The van der Waals surface area contributed by atoms with Crippen LogP contribution in [0.4, 0.5) is 5.69 Å². The molecule has 42 heavy (non-hydrogen) atoms. The molecule has 224 valence electrons. The number of nitrogens with one attached hydrogen (secondary N) is 1. The van der Waals surface area contributed by atoms with Crippen LogP contribution in [0.2, 0.25) is 0 Å². The van der Waals surface area contributed by atoms with Crippen molar-refractivity contribution in [2.75, 3.05) is 26.1 Å². The van der Waals surface area contributed by atoms with Crippen LogP contribution in [0.3, 0.4) is 0 Å². The molecule has 0 atom stereocenters. The number of ether oxygens (including phenoxy) is 3. The number of benzene rings is 2. The number of nitrogens with zero attached hydrogens (tertiary/aromatic N) is 1. The summed E-state index contributed by atoms with van der Waals surface area (Å²) in [6, 6.07) is 19.3. The van der Waals surface area contributed by atoms with Gasteiger partial charge in [0.1, 0.15) is 0 Å². The number of hydrogen-bond acceptors (Lipinski definition) is 6. The van der Waals surface area contributed by atoms with E-state index in [9.17, 15) is 14.7 Å². The number of carboxylic acids is 1. The number of aliphatic carboxylic acids is 1. The number of pyridine rings is 1. The molecule has 0 unspecified atom stereocenters. The highest BCUT2D eigenvalue weighted by atomic mass is 16.5. The third-order valence-electron chi connectivity index (χ3n) is 7.45. The summed E-state index contributed by atoms with van der Waals surface area (Å²) in [6.07, 6.45) is 7.45. The molecule has 1 amide bonds. The fraction of sp³-hybridized carbons (Fsp3) is 0.382. The zero-order valence-corrected chi connectivity index (χ0v) is 25.0. The first-order chi connectivity index (χ1) is 20.3. The Balaban J connectivity index is 1.47. The highest BCUT2D eigenvalue weighted by Gasteiger charge is 2.37. The van der Waals surface area contributed by atoms with Crippen LogP contribution >= 0.6 is 0 Å². The van der Waals surface area contributed by atoms with E-state index in [1.807, 2.05) is 60.7 Å². The minimum absolute atomic E-state index is 0.0634. The van der Waals surface area contributed by atoms with E-state index in [0.29, 0.717) is 31.7 Å². The predicted octanol–water partition coefficient (Wildman–Crippen LogP) is 7.03. The number of amides is 1. The highest BCUT2D eigenvalue weighted by molar-refractivity contribution is 5.94. The van der Waals surface area contributed by atoms with E-state index in [1.165, 1.54) is 5.56 Å². The Labute approximate surface area is 248 Å². The summed E-state index contributed by atoms with van der Waals surface area (Å²) in [6.45, 7) is 4.69. The lowest BCUT2D eigenvalue weighted by molar-refractivity contribution is -0.151. The van der Waals surface area contributed by atoms with Crippen molar-refractivity contribution in [1.29, 1.82) is 0 Å². The average Bonchev–Trinajstić information content (AvgIpc) is 3.00. The third-order valence-corrected chi connectivity index (χ3v) is 7.45. The van der Waals surface area contributed by atoms with Gasteiger partial charge in [0.2, 0.25) is 5.91 Å². The van der Waals surface area contributed by atoms with Crippen LogP contribution in [0.25, 0.3) is 12.2 Å².